The molecule has 0 amide bonds. The quantitative estimate of drug-likeness (QED) is 0.828. The number of H-pyrrole nitrogens is 1. The van der Waals surface area contributed by atoms with Crippen LogP contribution in [0.4, 0.5) is 5.82 Å². The molecule has 3 heterocycles. The average molecular weight is 262 g/mol. The third-order valence-electron chi connectivity index (χ3n) is 3.76. The molecule has 0 spiro atoms. The average Bonchev–Trinajstić information content (AvgIpc) is 2.94. The predicted octanol–water partition coefficient (Wildman–Crippen LogP) is 0.232. The van der Waals surface area contributed by atoms with Crippen molar-refractivity contribution in [2.75, 3.05) is 25.5 Å². The van der Waals surface area contributed by atoms with E-state index in [4.69, 9.17) is 0 Å². The largest absolute Gasteiger partial charge is 0.368 e. The Balaban J connectivity index is 1.80. The number of aromatic amines is 1. The van der Waals surface area contributed by atoms with E-state index in [1.54, 1.807) is 13.0 Å². The second-order valence-electron chi connectivity index (χ2n) is 5.07. The van der Waals surface area contributed by atoms with Gasteiger partial charge in [-0.05, 0) is 33.4 Å². The lowest BCUT2D eigenvalue weighted by atomic mass is 10.2. The molecule has 3 rings (SSSR count). The van der Waals surface area contributed by atoms with Crippen LogP contribution in [-0.4, -0.2) is 50.7 Å². The minimum Gasteiger partial charge on any atom is -0.368 e. The number of anilines is 1. The van der Waals surface area contributed by atoms with Gasteiger partial charge in [-0.15, -0.1) is 0 Å². The van der Waals surface area contributed by atoms with Crippen LogP contribution in [0.3, 0.4) is 0 Å². The standard InChI is InChI=1S/C12H18N6O/c1-8-14-10(6-11-15-16-12(19)18(8)11)13-7-9-4-3-5-17(9)2/h6,9,13H,3-5,7H2,1-2H3,(H,16,19). The molecule has 1 aliphatic heterocycles. The molecule has 0 bridgehead atoms. The SMILES string of the molecule is Cc1nc(NCC2CCCN2C)cc2n[nH]c(=O)n12. The second-order valence-corrected chi connectivity index (χ2v) is 5.07. The van der Waals surface area contributed by atoms with Crippen LogP contribution in [0.25, 0.3) is 5.65 Å². The van der Waals surface area contributed by atoms with Crippen molar-refractivity contribution < 1.29 is 0 Å². The molecule has 1 atom stereocenters. The van der Waals surface area contributed by atoms with Crippen LogP contribution >= 0.6 is 0 Å². The van der Waals surface area contributed by atoms with E-state index < -0.39 is 0 Å². The number of hydrogen-bond donors (Lipinski definition) is 2. The molecule has 2 aromatic heterocycles. The summed E-state index contributed by atoms with van der Waals surface area (Å²) in [6, 6.07) is 2.35. The van der Waals surface area contributed by atoms with Gasteiger partial charge in [0, 0.05) is 18.7 Å². The summed E-state index contributed by atoms with van der Waals surface area (Å²) >= 11 is 0. The van der Waals surface area contributed by atoms with Crippen molar-refractivity contribution in [1.29, 1.82) is 0 Å². The van der Waals surface area contributed by atoms with E-state index >= 15 is 0 Å². The number of aromatic nitrogens is 4. The van der Waals surface area contributed by atoms with Crippen LogP contribution in [0.5, 0.6) is 0 Å². The molecule has 2 aromatic rings. The molecule has 0 aromatic carbocycles. The molecule has 1 aliphatic rings. The van der Waals surface area contributed by atoms with Crippen molar-refractivity contribution in [2.45, 2.75) is 25.8 Å². The Morgan fingerprint density at radius 1 is 1.58 bits per heavy atom. The van der Waals surface area contributed by atoms with E-state index in [9.17, 15) is 4.79 Å². The van der Waals surface area contributed by atoms with Crippen LogP contribution < -0.4 is 11.0 Å². The molecule has 7 heteroatoms. The Bertz CT molecular complexity index is 645. The van der Waals surface area contributed by atoms with Crippen molar-refractivity contribution in [2.24, 2.45) is 0 Å². The van der Waals surface area contributed by atoms with Crippen LogP contribution in [-0.2, 0) is 0 Å². The maximum absolute atomic E-state index is 11.5. The monoisotopic (exact) mass is 262 g/mol. The zero-order valence-electron chi connectivity index (χ0n) is 11.2. The molecule has 102 valence electrons. The van der Waals surface area contributed by atoms with Crippen LogP contribution in [0.2, 0.25) is 0 Å². The highest BCUT2D eigenvalue weighted by molar-refractivity contribution is 5.49. The maximum atomic E-state index is 11.5. The first-order chi connectivity index (χ1) is 9.15. The maximum Gasteiger partial charge on any atom is 0.349 e. The predicted molar refractivity (Wildman–Crippen MR) is 72.5 cm³/mol. The minimum atomic E-state index is -0.248. The number of fused-ring (bicyclic) bond motifs is 1. The Labute approximate surface area is 110 Å². The van der Waals surface area contributed by atoms with E-state index in [-0.39, 0.29) is 5.69 Å². The van der Waals surface area contributed by atoms with E-state index in [1.165, 1.54) is 17.2 Å². The van der Waals surface area contributed by atoms with Gasteiger partial charge in [-0.3, -0.25) is 0 Å². The molecule has 0 saturated carbocycles. The van der Waals surface area contributed by atoms with Gasteiger partial charge in [0.05, 0.1) is 0 Å². The van der Waals surface area contributed by atoms with Gasteiger partial charge in [0.1, 0.15) is 11.6 Å². The normalized spacial score (nSPS) is 20.2. The highest BCUT2D eigenvalue weighted by Crippen LogP contribution is 2.15. The Hall–Kier alpha value is -1.89. The van der Waals surface area contributed by atoms with Crippen LogP contribution in [0.15, 0.2) is 10.9 Å². The second kappa shape index (κ2) is 4.65. The van der Waals surface area contributed by atoms with Gasteiger partial charge in [0.15, 0.2) is 5.65 Å². The first-order valence-electron chi connectivity index (χ1n) is 6.54. The molecular formula is C12H18N6O. The number of nitrogens with one attached hydrogen (secondary N) is 2. The van der Waals surface area contributed by atoms with Crippen LogP contribution in [0, 0.1) is 6.92 Å². The highest BCUT2D eigenvalue weighted by Gasteiger charge is 2.20. The lowest BCUT2D eigenvalue weighted by molar-refractivity contribution is 0.322. The molecule has 1 unspecified atom stereocenters. The Morgan fingerprint density at radius 3 is 3.16 bits per heavy atom. The number of hydrogen-bond acceptors (Lipinski definition) is 5. The molecule has 0 radical (unpaired) electrons. The van der Waals surface area contributed by atoms with Gasteiger partial charge in [0.2, 0.25) is 0 Å². The third kappa shape index (κ3) is 2.21. The van der Waals surface area contributed by atoms with Crippen molar-refractivity contribution in [3.05, 3.63) is 22.4 Å². The summed E-state index contributed by atoms with van der Waals surface area (Å²) in [6.07, 6.45) is 2.47. The van der Waals surface area contributed by atoms with Gasteiger partial charge in [-0.25, -0.2) is 19.3 Å². The minimum absolute atomic E-state index is 0.248. The molecular weight excluding hydrogens is 244 g/mol. The lowest BCUT2D eigenvalue weighted by Gasteiger charge is -2.20. The summed E-state index contributed by atoms with van der Waals surface area (Å²) in [5.41, 5.74) is 0.349. The third-order valence-corrected chi connectivity index (χ3v) is 3.76. The van der Waals surface area contributed by atoms with E-state index in [0.717, 1.165) is 18.9 Å². The van der Waals surface area contributed by atoms with Crippen LogP contribution in [0.1, 0.15) is 18.7 Å². The Morgan fingerprint density at radius 2 is 2.42 bits per heavy atom. The number of nitrogens with zero attached hydrogens (tertiary/aromatic N) is 4. The van der Waals surface area contributed by atoms with Crippen molar-refractivity contribution in [3.63, 3.8) is 0 Å². The van der Waals surface area contributed by atoms with Gasteiger partial charge < -0.3 is 10.2 Å². The topological polar surface area (TPSA) is 78.3 Å². The number of aryl methyl sites for hydroxylation is 1. The lowest BCUT2D eigenvalue weighted by Crippen LogP contribution is -2.31. The zero-order valence-corrected chi connectivity index (χ0v) is 11.2. The fourth-order valence-corrected chi connectivity index (χ4v) is 2.65. The molecule has 1 saturated heterocycles. The van der Waals surface area contributed by atoms with Gasteiger partial charge in [0.25, 0.3) is 0 Å². The summed E-state index contributed by atoms with van der Waals surface area (Å²) < 4.78 is 1.47. The summed E-state index contributed by atoms with van der Waals surface area (Å²) in [6.45, 7) is 3.83. The summed E-state index contributed by atoms with van der Waals surface area (Å²) in [5.74, 6) is 1.41. The zero-order chi connectivity index (χ0) is 13.4. The number of likely N-dealkylation sites (N-methyl/N-ethyl adjacent to an activating group) is 1. The number of likely N-dealkylation sites (tertiary alicyclic amines) is 1. The fourth-order valence-electron chi connectivity index (χ4n) is 2.65. The van der Waals surface area contributed by atoms with Gasteiger partial charge in [-0.1, -0.05) is 0 Å². The van der Waals surface area contributed by atoms with Gasteiger partial charge in [-0.2, -0.15) is 5.10 Å². The summed E-state index contributed by atoms with van der Waals surface area (Å²) in [7, 11) is 2.15. The molecule has 2 N–H and O–H groups in total. The summed E-state index contributed by atoms with van der Waals surface area (Å²) in [5, 5.41) is 9.74. The fraction of sp³-hybridized carbons (Fsp3) is 0.583. The summed E-state index contributed by atoms with van der Waals surface area (Å²) in [4.78, 5) is 18.3. The van der Waals surface area contributed by atoms with E-state index in [2.05, 4.69) is 32.4 Å². The molecule has 7 nitrogen and oxygen atoms in total. The molecule has 19 heavy (non-hydrogen) atoms. The Kier molecular flexibility index (Phi) is 2.98. The van der Waals surface area contributed by atoms with Crippen molar-refractivity contribution >= 4 is 11.5 Å². The van der Waals surface area contributed by atoms with Crippen molar-refractivity contribution in [3.8, 4) is 0 Å². The first kappa shape index (κ1) is 12.2. The molecule has 0 aliphatic carbocycles. The van der Waals surface area contributed by atoms with E-state index in [0.29, 0.717) is 17.5 Å². The number of rotatable bonds is 3. The van der Waals surface area contributed by atoms with Gasteiger partial charge >= 0.3 is 5.69 Å². The molecule has 1 fully saturated rings. The van der Waals surface area contributed by atoms with Crippen molar-refractivity contribution in [1.82, 2.24) is 24.5 Å². The van der Waals surface area contributed by atoms with E-state index in [1.807, 2.05) is 0 Å². The first-order valence-corrected chi connectivity index (χ1v) is 6.54. The highest BCUT2D eigenvalue weighted by atomic mass is 16.1. The smallest absolute Gasteiger partial charge is 0.349 e.